The van der Waals surface area contributed by atoms with E-state index in [0.29, 0.717) is 18.3 Å². The predicted molar refractivity (Wildman–Crippen MR) is 80.3 cm³/mol. The van der Waals surface area contributed by atoms with Crippen LogP contribution in [0.4, 0.5) is 0 Å². The number of carbonyl (C=O) groups excluding carboxylic acids is 2. The van der Waals surface area contributed by atoms with Gasteiger partial charge in [0.05, 0.1) is 6.04 Å². The molecule has 0 saturated carbocycles. The number of likely N-dealkylation sites (N-methyl/N-ethyl adjacent to an activating group) is 1. The Balaban J connectivity index is 2.52. The fourth-order valence-electron chi connectivity index (χ4n) is 3.01. The summed E-state index contributed by atoms with van der Waals surface area (Å²) in [5.41, 5.74) is 0. The Bertz CT molecular complexity index is 326. The van der Waals surface area contributed by atoms with E-state index in [4.69, 9.17) is 0 Å². The van der Waals surface area contributed by atoms with Crippen molar-refractivity contribution in [3.05, 3.63) is 0 Å². The second-order valence-electron chi connectivity index (χ2n) is 6.30. The van der Waals surface area contributed by atoms with E-state index >= 15 is 0 Å². The van der Waals surface area contributed by atoms with Gasteiger partial charge in [0.1, 0.15) is 0 Å². The molecule has 0 unspecified atom stereocenters. The zero-order valence-corrected chi connectivity index (χ0v) is 13.5. The second-order valence-corrected chi connectivity index (χ2v) is 6.30. The van der Waals surface area contributed by atoms with Crippen LogP contribution in [0, 0.1) is 11.8 Å². The third-order valence-corrected chi connectivity index (χ3v) is 4.12. The molecule has 1 aliphatic heterocycles. The summed E-state index contributed by atoms with van der Waals surface area (Å²) in [7, 11) is 5.59. The van der Waals surface area contributed by atoms with Gasteiger partial charge in [0.25, 0.3) is 0 Å². The van der Waals surface area contributed by atoms with Gasteiger partial charge in [-0.15, -0.1) is 0 Å². The zero-order valence-electron chi connectivity index (χ0n) is 13.5. The number of hydrogen-bond acceptors (Lipinski definition) is 3. The molecule has 0 bridgehead atoms. The topological polar surface area (TPSA) is 52.7 Å². The van der Waals surface area contributed by atoms with E-state index in [0.717, 1.165) is 25.9 Å². The van der Waals surface area contributed by atoms with Crippen molar-refractivity contribution < 1.29 is 9.59 Å². The van der Waals surface area contributed by atoms with Gasteiger partial charge in [-0.1, -0.05) is 13.8 Å². The molecule has 20 heavy (non-hydrogen) atoms. The molecule has 0 aromatic carbocycles. The van der Waals surface area contributed by atoms with Gasteiger partial charge in [0, 0.05) is 26.6 Å². The molecule has 0 aliphatic carbocycles. The van der Waals surface area contributed by atoms with Gasteiger partial charge in [-0.3, -0.25) is 14.5 Å². The average Bonchev–Trinajstić information content (AvgIpc) is 2.38. The minimum absolute atomic E-state index is 0.0505. The maximum atomic E-state index is 12.6. The molecular weight excluding hydrogens is 254 g/mol. The van der Waals surface area contributed by atoms with E-state index < -0.39 is 0 Å². The molecule has 2 amide bonds. The average molecular weight is 283 g/mol. The Morgan fingerprint density at radius 2 is 1.80 bits per heavy atom. The molecule has 1 N–H and O–H groups in total. The van der Waals surface area contributed by atoms with Gasteiger partial charge in [-0.2, -0.15) is 0 Å². The summed E-state index contributed by atoms with van der Waals surface area (Å²) in [5.74, 6) is 1.04. The molecule has 1 aliphatic rings. The van der Waals surface area contributed by atoms with Crippen molar-refractivity contribution in [3.8, 4) is 0 Å². The summed E-state index contributed by atoms with van der Waals surface area (Å²) in [5, 5.41) is 2.67. The lowest BCUT2D eigenvalue weighted by molar-refractivity contribution is -0.139. The normalized spacial score (nSPS) is 18.4. The highest BCUT2D eigenvalue weighted by Gasteiger charge is 2.31. The highest BCUT2D eigenvalue weighted by molar-refractivity contribution is 5.82. The second kappa shape index (κ2) is 7.62. The van der Waals surface area contributed by atoms with Crippen molar-refractivity contribution in [1.29, 1.82) is 0 Å². The predicted octanol–water partition coefficient (Wildman–Crippen LogP) is 0.947. The molecule has 1 rings (SSSR count). The van der Waals surface area contributed by atoms with Crippen LogP contribution in [0.3, 0.4) is 0 Å². The summed E-state index contributed by atoms with van der Waals surface area (Å²) in [4.78, 5) is 27.9. The van der Waals surface area contributed by atoms with Crippen molar-refractivity contribution in [2.75, 3.05) is 34.2 Å². The Hall–Kier alpha value is -1.10. The molecule has 0 aromatic heterocycles. The molecule has 1 saturated heterocycles. The van der Waals surface area contributed by atoms with Crippen LogP contribution >= 0.6 is 0 Å². The lowest BCUT2D eigenvalue weighted by atomic mass is 9.92. The monoisotopic (exact) mass is 283 g/mol. The van der Waals surface area contributed by atoms with Crippen LogP contribution in [0.2, 0.25) is 0 Å². The van der Waals surface area contributed by atoms with E-state index in [1.807, 2.05) is 23.9 Å². The summed E-state index contributed by atoms with van der Waals surface area (Å²) < 4.78 is 0. The van der Waals surface area contributed by atoms with Crippen molar-refractivity contribution in [3.63, 3.8) is 0 Å². The van der Waals surface area contributed by atoms with Crippen LogP contribution in [0.15, 0.2) is 0 Å². The van der Waals surface area contributed by atoms with Crippen LogP contribution in [0.25, 0.3) is 0 Å². The molecular formula is C15H29N3O2. The number of piperidine rings is 1. The molecule has 5 nitrogen and oxygen atoms in total. The molecule has 1 atom stereocenters. The SMILES string of the molecule is CNC(=O)CC1CCN(C(=O)[C@H](C(C)C)N(C)C)CC1. The van der Waals surface area contributed by atoms with E-state index in [1.165, 1.54) is 0 Å². The summed E-state index contributed by atoms with van der Waals surface area (Å²) in [6, 6.07) is -0.0505. The number of nitrogens with zero attached hydrogens (tertiary/aromatic N) is 2. The first kappa shape index (κ1) is 17.0. The number of rotatable bonds is 5. The molecule has 0 spiro atoms. The first-order chi connectivity index (χ1) is 9.36. The molecule has 1 heterocycles. The third-order valence-electron chi connectivity index (χ3n) is 4.12. The maximum Gasteiger partial charge on any atom is 0.240 e. The zero-order chi connectivity index (χ0) is 15.3. The number of amides is 2. The summed E-state index contributed by atoms with van der Waals surface area (Å²) in [6.45, 7) is 5.72. The Morgan fingerprint density at radius 3 is 2.20 bits per heavy atom. The fraction of sp³-hybridized carbons (Fsp3) is 0.867. The largest absolute Gasteiger partial charge is 0.359 e. The summed E-state index contributed by atoms with van der Waals surface area (Å²) in [6.07, 6.45) is 2.44. The number of carbonyl (C=O) groups is 2. The number of nitrogens with one attached hydrogen (secondary N) is 1. The minimum Gasteiger partial charge on any atom is -0.359 e. The Kier molecular flexibility index (Phi) is 6.46. The van der Waals surface area contributed by atoms with Gasteiger partial charge in [0.2, 0.25) is 11.8 Å². The Morgan fingerprint density at radius 1 is 1.25 bits per heavy atom. The van der Waals surface area contributed by atoms with Crippen LogP contribution in [-0.2, 0) is 9.59 Å². The smallest absolute Gasteiger partial charge is 0.240 e. The minimum atomic E-state index is -0.0505. The van der Waals surface area contributed by atoms with Crippen LogP contribution in [0.5, 0.6) is 0 Å². The van der Waals surface area contributed by atoms with Crippen LogP contribution < -0.4 is 5.32 Å². The first-order valence-electron chi connectivity index (χ1n) is 7.52. The van der Waals surface area contributed by atoms with Crippen LogP contribution in [-0.4, -0.2) is 61.9 Å². The fourth-order valence-corrected chi connectivity index (χ4v) is 3.01. The highest BCUT2D eigenvalue weighted by Crippen LogP contribution is 2.22. The molecule has 0 aromatic rings. The van der Waals surface area contributed by atoms with Crippen LogP contribution in [0.1, 0.15) is 33.1 Å². The highest BCUT2D eigenvalue weighted by atomic mass is 16.2. The summed E-state index contributed by atoms with van der Waals surface area (Å²) >= 11 is 0. The van der Waals surface area contributed by atoms with Gasteiger partial charge in [-0.05, 0) is 38.8 Å². The lowest BCUT2D eigenvalue weighted by Gasteiger charge is -2.37. The molecule has 1 fully saturated rings. The van der Waals surface area contributed by atoms with Crippen molar-refractivity contribution in [1.82, 2.24) is 15.1 Å². The third kappa shape index (κ3) is 4.47. The van der Waals surface area contributed by atoms with E-state index in [9.17, 15) is 9.59 Å². The van der Waals surface area contributed by atoms with Gasteiger partial charge >= 0.3 is 0 Å². The van der Waals surface area contributed by atoms with Crippen molar-refractivity contribution in [2.45, 2.75) is 39.2 Å². The number of likely N-dealkylation sites (tertiary alicyclic amines) is 1. The molecule has 0 radical (unpaired) electrons. The molecule has 5 heteroatoms. The van der Waals surface area contributed by atoms with Gasteiger partial charge < -0.3 is 10.2 Å². The van der Waals surface area contributed by atoms with E-state index in [1.54, 1.807) is 7.05 Å². The van der Waals surface area contributed by atoms with E-state index in [2.05, 4.69) is 19.2 Å². The first-order valence-corrected chi connectivity index (χ1v) is 7.52. The maximum absolute atomic E-state index is 12.6. The Labute approximate surface area is 122 Å². The quantitative estimate of drug-likeness (QED) is 0.817. The lowest BCUT2D eigenvalue weighted by Crippen LogP contribution is -2.51. The van der Waals surface area contributed by atoms with Crippen molar-refractivity contribution in [2.24, 2.45) is 11.8 Å². The van der Waals surface area contributed by atoms with Crippen molar-refractivity contribution >= 4 is 11.8 Å². The number of hydrogen-bond donors (Lipinski definition) is 1. The van der Waals surface area contributed by atoms with Gasteiger partial charge in [0.15, 0.2) is 0 Å². The molecule has 116 valence electrons. The van der Waals surface area contributed by atoms with E-state index in [-0.39, 0.29) is 17.9 Å². The van der Waals surface area contributed by atoms with Gasteiger partial charge in [-0.25, -0.2) is 0 Å². The standard InChI is InChI=1S/C15H29N3O2/c1-11(2)14(17(4)5)15(20)18-8-6-12(7-9-18)10-13(19)16-3/h11-12,14H,6-10H2,1-5H3,(H,16,19)/t14-/m0/s1.